The first kappa shape index (κ1) is 10.1. The van der Waals surface area contributed by atoms with Crippen LogP contribution in [0, 0.1) is 0 Å². The lowest BCUT2D eigenvalue weighted by Gasteiger charge is -2.28. The Morgan fingerprint density at radius 3 is 3.00 bits per heavy atom. The average Bonchev–Trinajstić information content (AvgIpc) is 3.18. The zero-order valence-corrected chi connectivity index (χ0v) is 10.4. The molecule has 2 aromatic rings. The first-order chi connectivity index (χ1) is 9.88. The van der Waals surface area contributed by atoms with Crippen LogP contribution in [0.3, 0.4) is 0 Å². The van der Waals surface area contributed by atoms with Crippen LogP contribution in [0.1, 0.15) is 16.7 Å². The van der Waals surface area contributed by atoms with E-state index < -0.39 is 0 Å². The Balaban J connectivity index is 1.89. The molecule has 3 heterocycles. The smallest absolute Gasteiger partial charge is 0.200 e. The highest BCUT2D eigenvalue weighted by Crippen LogP contribution is 2.48. The number of aliphatic imine (C=N–C) groups is 2. The summed E-state index contributed by atoms with van der Waals surface area (Å²) in [6.45, 7) is 0. The van der Waals surface area contributed by atoms with Crippen LogP contribution >= 0.6 is 0 Å². The fourth-order valence-electron chi connectivity index (χ4n) is 3.17. The standard InChI is InChI=1S/C16H9N3O/c1-2-4-11-10(3-1)7-12-14(11)18-15-13(8-20-19-15)16(12)5-6-17-9-16/h1-9H. The van der Waals surface area contributed by atoms with Gasteiger partial charge in [0.05, 0.1) is 16.7 Å². The molecule has 1 aliphatic carbocycles. The van der Waals surface area contributed by atoms with Gasteiger partial charge in [0.25, 0.3) is 0 Å². The van der Waals surface area contributed by atoms with E-state index in [4.69, 9.17) is 4.52 Å². The minimum absolute atomic E-state index is 0.383. The Labute approximate surface area is 114 Å². The third-order valence-electron chi connectivity index (χ3n) is 4.13. The number of allylic oxidation sites excluding steroid dienone is 2. The Bertz CT molecular complexity index is 855. The van der Waals surface area contributed by atoms with Gasteiger partial charge in [-0.05, 0) is 23.3 Å². The second-order valence-corrected chi connectivity index (χ2v) is 5.12. The fraction of sp³-hybridized carbons (Fsp3) is 0.0625. The summed E-state index contributed by atoms with van der Waals surface area (Å²) in [5, 5.41) is 4.02. The van der Waals surface area contributed by atoms with Gasteiger partial charge in [-0.3, -0.25) is 4.99 Å². The summed E-state index contributed by atoms with van der Waals surface area (Å²) in [7, 11) is 0. The van der Waals surface area contributed by atoms with Crippen molar-refractivity contribution < 1.29 is 4.52 Å². The Morgan fingerprint density at radius 2 is 2.10 bits per heavy atom. The van der Waals surface area contributed by atoms with Gasteiger partial charge in [-0.1, -0.05) is 29.4 Å². The molecule has 0 saturated carbocycles. The molecule has 0 N–H and O–H groups in total. The van der Waals surface area contributed by atoms with Gasteiger partial charge in [0.1, 0.15) is 6.26 Å². The molecule has 1 atom stereocenters. The molecule has 20 heavy (non-hydrogen) atoms. The SMILES string of the molecule is C1=CC2(C=N1)C1=Cc3ccccc3C1=Nc1nocc12. The highest BCUT2D eigenvalue weighted by Gasteiger charge is 2.45. The summed E-state index contributed by atoms with van der Waals surface area (Å²) in [4.78, 5) is 8.97. The predicted octanol–water partition coefficient (Wildman–Crippen LogP) is 3.04. The van der Waals surface area contributed by atoms with Gasteiger partial charge in [0.2, 0.25) is 5.82 Å². The van der Waals surface area contributed by atoms with Gasteiger partial charge in [-0.25, -0.2) is 4.99 Å². The molecule has 4 heteroatoms. The van der Waals surface area contributed by atoms with Crippen LogP contribution in [0.15, 0.2) is 62.9 Å². The van der Waals surface area contributed by atoms with E-state index in [9.17, 15) is 0 Å². The van der Waals surface area contributed by atoms with E-state index in [1.165, 1.54) is 5.56 Å². The fourth-order valence-corrected chi connectivity index (χ4v) is 3.17. The molecule has 0 radical (unpaired) electrons. The first-order valence-corrected chi connectivity index (χ1v) is 6.46. The summed E-state index contributed by atoms with van der Waals surface area (Å²) in [5.41, 5.74) is 5.02. The summed E-state index contributed by atoms with van der Waals surface area (Å²) in [5.74, 6) is 0.645. The lowest BCUT2D eigenvalue weighted by Crippen LogP contribution is -2.31. The lowest BCUT2D eigenvalue weighted by molar-refractivity contribution is 0.421. The van der Waals surface area contributed by atoms with Crippen LogP contribution in [0.2, 0.25) is 0 Å². The number of rotatable bonds is 0. The summed E-state index contributed by atoms with van der Waals surface area (Å²) >= 11 is 0. The number of benzene rings is 1. The van der Waals surface area contributed by atoms with Crippen molar-refractivity contribution in [3.63, 3.8) is 0 Å². The zero-order chi connectivity index (χ0) is 13.2. The Kier molecular flexibility index (Phi) is 1.62. The summed E-state index contributed by atoms with van der Waals surface area (Å²) in [6, 6.07) is 8.27. The number of aromatic nitrogens is 1. The van der Waals surface area contributed by atoms with Crippen molar-refractivity contribution in [3.8, 4) is 0 Å². The van der Waals surface area contributed by atoms with Crippen molar-refractivity contribution in [3.05, 3.63) is 65.1 Å². The zero-order valence-electron chi connectivity index (χ0n) is 10.4. The molecule has 1 aromatic carbocycles. The second-order valence-electron chi connectivity index (χ2n) is 5.12. The predicted molar refractivity (Wildman–Crippen MR) is 76.4 cm³/mol. The average molecular weight is 259 g/mol. The van der Waals surface area contributed by atoms with E-state index in [0.717, 1.165) is 22.4 Å². The maximum Gasteiger partial charge on any atom is 0.200 e. The van der Waals surface area contributed by atoms with Gasteiger partial charge in [-0.15, -0.1) is 0 Å². The molecule has 1 unspecified atom stereocenters. The first-order valence-electron chi connectivity index (χ1n) is 6.46. The van der Waals surface area contributed by atoms with Gasteiger partial charge < -0.3 is 4.52 Å². The third kappa shape index (κ3) is 1.01. The maximum absolute atomic E-state index is 5.13. The van der Waals surface area contributed by atoms with Crippen LogP contribution in [0.25, 0.3) is 6.08 Å². The normalized spacial score (nSPS) is 24.4. The summed E-state index contributed by atoms with van der Waals surface area (Å²) < 4.78 is 5.13. The Morgan fingerprint density at radius 1 is 1.15 bits per heavy atom. The molecule has 1 spiro atoms. The highest BCUT2D eigenvalue weighted by molar-refractivity contribution is 6.27. The number of hydrogen-bond acceptors (Lipinski definition) is 4. The molecule has 5 rings (SSSR count). The van der Waals surface area contributed by atoms with E-state index in [2.05, 4.69) is 39.4 Å². The molecule has 1 aromatic heterocycles. The minimum Gasteiger partial charge on any atom is -0.362 e. The third-order valence-corrected chi connectivity index (χ3v) is 4.13. The molecule has 0 amide bonds. The highest BCUT2D eigenvalue weighted by atomic mass is 16.5. The van der Waals surface area contributed by atoms with E-state index >= 15 is 0 Å². The molecule has 4 nitrogen and oxygen atoms in total. The van der Waals surface area contributed by atoms with Gasteiger partial charge in [-0.2, -0.15) is 0 Å². The van der Waals surface area contributed by atoms with Crippen LogP contribution in [-0.4, -0.2) is 17.1 Å². The quantitative estimate of drug-likeness (QED) is 0.730. The van der Waals surface area contributed by atoms with E-state index in [0.29, 0.717) is 5.82 Å². The van der Waals surface area contributed by atoms with Crippen molar-refractivity contribution in [1.29, 1.82) is 0 Å². The van der Waals surface area contributed by atoms with Crippen molar-refractivity contribution in [1.82, 2.24) is 5.16 Å². The van der Waals surface area contributed by atoms with Crippen LogP contribution in [0.5, 0.6) is 0 Å². The number of fused-ring (bicyclic) bond motifs is 6. The van der Waals surface area contributed by atoms with Crippen LogP contribution in [-0.2, 0) is 5.41 Å². The Hall–Kier alpha value is -2.75. The molecule has 94 valence electrons. The van der Waals surface area contributed by atoms with Crippen molar-refractivity contribution in [2.24, 2.45) is 9.98 Å². The molecular formula is C16H9N3O. The molecule has 0 saturated heterocycles. The van der Waals surface area contributed by atoms with Crippen molar-refractivity contribution >= 4 is 23.8 Å². The monoisotopic (exact) mass is 259 g/mol. The topological polar surface area (TPSA) is 50.8 Å². The lowest BCUT2D eigenvalue weighted by atomic mass is 9.73. The van der Waals surface area contributed by atoms with Crippen LogP contribution in [0.4, 0.5) is 5.82 Å². The summed E-state index contributed by atoms with van der Waals surface area (Å²) in [6.07, 6.45) is 9.70. The number of nitrogens with zero attached hydrogens (tertiary/aromatic N) is 3. The molecule has 3 aliphatic rings. The van der Waals surface area contributed by atoms with Crippen molar-refractivity contribution in [2.75, 3.05) is 0 Å². The largest absolute Gasteiger partial charge is 0.362 e. The van der Waals surface area contributed by atoms with Crippen LogP contribution < -0.4 is 0 Å². The van der Waals surface area contributed by atoms with Gasteiger partial charge in [0.15, 0.2) is 0 Å². The van der Waals surface area contributed by atoms with E-state index in [1.54, 1.807) is 6.26 Å². The minimum atomic E-state index is -0.383. The van der Waals surface area contributed by atoms with Gasteiger partial charge in [0, 0.05) is 18.0 Å². The van der Waals surface area contributed by atoms with E-state index in [-0.39, 0.29) is 5.41 Å². The molecular weight excluding hydrogens is 250 g/mol. The van der Waals surface area contributed by atoms with Crippen molar-refractivity contribution in [2.45, 2.75) is 5.41 Å². The van der Waals surface area contributed by atoms with E-state index in [1.807, 2.05) is 24.5 Å². The van der Waals surface area contributed by atoms with Gasteiger partial charge >= 0.3 is 0 Å². The number of hydrogen-bond donors (Lipinski definition) is 0. The molecule has 2 aliphatic heterocycles. The second kappa shape index (κ2) is 3.22. The molecule has 0 fully saturated rings. The maximum atomic E-state index is 5.13. The molecule has 0 bridgehead atoms.